The Balaban J connectivity index is 1.53. The fourth-order valence-corrected chi connectivity index (χ4v) is 4.18. The quantitative estimate of drug-likeness (QED) is 0.782. The van der Waals surface area contributed by atoms with Gasteiger partial charge in [-0.05, 0) is 51.7 Å². The van der Waals surface area contributed by atoms with Crippen molar-refractivity contribution in [2.45, 2.75) is 51.0 Å². The molecule has 120 valence electrons. The van der Waals surface area contributed by atoms with Gasteiger partial charge < -0.3 is 14.5 Å². The van der Waals surface area contributed by atoms with Crippen LogP contribution in [0, 0.1) is 11.8 Å². The zero-order chi connectivity index (χ0) is 14.7. The van der Waals surface area contributed by atoms with Crippen LogP contribution in [0.1, 0.15) is 44.9 Å². The molecule has 21 heavy (non-hydrogen) atoms. The largest absolute Gasteiger partial charge is 0.374 e. The van der Waals surface area contributed by atoms with E-state index in [1.807, 2.05) is 0 Å². The molecule has 1 saturated carbocycles. The molecule has 0 aromatic carbocycles. The molecule has 1 aliphatic carbocycles. The van der Waals surface area contributed by atoms with Crippen LogP contribution >= 0.6 is 0 Å². The molecule has 4 nitrogen and oxygen atoms in total. The zero-order valence-corrected chi connectivity index (χ0v) is 13.4. The number of ether oxygens (including phenoxy) is 1. The monoisotopic (exact) mass is 294 g/mol. The summed E-state index contributed by atoms with van der Waals surface area (Å²) >= 11 is 0. The fraction of sp³-hybridized carbons (Fsp3) is 0.941. The molecule has 2 aliphatic heterocycles. The summed E-state index contributed by atoms with van der Waals surface area (Å²) in [5.74, 6) is 1.34. The molecule has 0 aromatic rings. The first-order chi connectivity index (χ1) is 10.2. The minimum absolute atomic E-state index is 0.256. The van der Waals surface area contributed by atoms with Crippen molar-refractivity contribution in [2.24, 2.45) is 11.8 Å². The Morgan fingerprint density at radius 1 is 1.00 bits per heavy atom. The third kappa shape index (κ3) is 3.78. The molecule has 1 atom stereocenters. The van der Waals surface area contributed by atoms with Gasteiger partial charge in [0.25, 0.3) is 0 Å². The molecule has 0 N–H and O–H groups in total. The first-order valence-corrected chi connectivity index (χ1v) is 8.83. The number of hydrogen-bond donors (Lipinski definition) is 0. The van der Waals surface area contributed by atoms with Gasteiger partial charge in [0.05, 0.1) is 12.7 Å². The molecule has 2 saturated heterocycles. The van der Waals surface area contributed by atoms with E-state index in [2.05, 4.69) is 16.8 Å². The lowest BCUT2D eigenvalue weighted by atomic mass is 9.84. The number of piperidine rings is 1. The lowest BCUT2D eigenvalue weighted by Crippen LogP contribution is -2.51. The fourth-order valence-electron chi connectivity index (χ4n) is 4.18. The summed E-state index contributed by atoms with van der Waals surface area (Å²) in [4.78, 5) is 17.2. The molecular weight excluding hydrogens is 264 g/mol. The summed E-state index contributed by atoms with van der Waals surface area (Å²) in [7, 11) is 2.15. The Morgan fingerprint density at radius 3 is 2.43 bits per heavy atom. The van der Waals surface area contributed by atoms with Crippen LogP contribution < -0.4 is 0 Å². The van der Waals surface area contributed by atoms with Crippen LogP contribution in [0.2, 0.25) is 0 Å². The van der Waals surface area contributed by atoms with Crippen molar-refractivity contribution in [3.8, 4) is 0 Å². The predicted molar refractivity (Wildman–Crippen MR) is 83.1 cm³/mol. The van der Waals surface area contributed by atoms with Crippen LogP contribution in [0.15, 0.2) is 0 Å². The van der Waals surface area contributed by atoms with Gasteiger partial charge in [-0.1, -0.05) is 19.3 Å². The van der Waals surface area contributed by atoms with Crippen LogP contribution in [0.25, 0.3) is 0 Å². The summed E-state index contributed by atoms with van der Waals surface area (Å²) < 4.78 is 6.00. The van der Waals surface area contributed by atoms with Crippen molar-refractivity contribution >= 4 is 5.91 Å². The smallest absolute Gasteiger partial charge is 0.225 e. The third-order valence-corrected chi connectivity index (χ3v) is 5.65. The van der Waals surface area contributed by atoms with Crippen LogP contribution in [-0.4, -0.2) is 61.6 Å². The van der Waals surface area contributed by atoms with E-state index >= 15 is 0 Å². The number of carbonyl (C=O) groups is 1. The Kier molecular flexibility index (Phi) is 5.17. The van der Waals surface area contributed by atoms with Crippen molar-refractivity contribution in [1.29, 1.82) is 0 Å². The van der Waals surface area contributed by atoms with Gasteiger partial charge in [-0.25, -0.2) is 0 Å². The lowest BCUT2D eigenvalue weighted by molar-refractivity contribution is -0.147. The van der Waals surface area contributed by atoms with Gasteiger partial charge in [-0.15, -0.1) is 0 Å². The molecule has 0 spiro atoms. The highest BCUT2D eigenvalue weighted by atomic mass is 16.5. The van der Waals surface area contributed by atoms with Gasteiger partial charge in [0, 0.05) is 19.0 Å². The number of hydrogen-bond acceptors (Lipinski definition) is 3. The topological polar surface area (TPSA) is 32.8 Å². The molecule has 1 amide bonds. The van der Waals surface area contributed by atoms with Crippen molar-refractivity contribution in [3.63, 3.8) is 0 Å². The standard InChI is InChI=1S/C17H30N2O2/c1-18-9-7-15(8-10-18)17(20)19-11-12-21-16(13-19)14-5-3-2-4-6-14/h14-16H,2-13H2,1H3. The molecule has 3 rings (SSSR count). The molecular formula is C17H30N2O2. The summed E-state index contributed by atoms with van der Waals surface area (Å²) in [5.41, 5.74) is 0. The second-order valence-corrected chi connectivity index (χ2v) is 7.17. The summed E-state index contributed by atoms with van der Waals surface area (Å²) in [6.45, 7) is 4.50. The average molecular weight is 294 g/mol. The first-order valence-electron chi connectivity index (χ1n) is 8.83. The van der Waals surface area contributed by atoms with Crippen LogP contribution in [-0.2, 0) is 9.53 Å². The van der Waals surface area contributed by atoms with E-state index in [-0.39, 0.29) is 5.92 Å². The van der Waals surface area contributed by atoms with Gasteiger partial charge in [-0.3, -0.25) is 4.79 Å². The summed E-state index contributed by atoms with van der Waals surface area (Å²) in [6.07, 6.45) is 9.00. The first kappa shape index (κ1) is 15.3. The van der Waals surface area contributed by atoms with Crippen molar-refractivity contribution in [2.75, 3.05) is 39.8 Å². The number of nitrogens with zero attached hydrogens (tertiary/aromatic N) is 2. The predicted octanol–water partition coefficient (Wildman–Crippen LogP) is 2.14. The molecule has 3 fully saturated rings. The second-order valence-electron chi connectivity index (χ2n) is 7.17. The normalized spacial score (nSPS) is 30.5. The van der Waals surface area contributed by atoms with Gasteiger partial charge in [0.1, 0.15) is 0 Å². The lowest BCUT2D eigenvalue weighted by Gasteiger charge is -2.40. The Bertz CT molecular complexity index is 347. The van der Waals surface area contributed by atoms with Crippen molar-refractivity contribution < 1.29 is 9.53 Å². The van der Waals surface area contributed by atoms with Gasteiger partial charge >= 0.3 is 0 Å². The zero-order valence-electron chi connectivity index (χ0n) is 13.4. The second kappa shape index (κ2) is 7.10. The van der Waals surface area contributed by atoms with E-state index in [1.54, 1.807) is 0 Å². The van der Waals surface area contributed by atoms with Crippen LogP contribution in [0.3, 0.4) is 0 Å². The van der Waals surface area contributed by atoms with Crippen molar-refractivity contribution in [1.82, 2.24) is 9.80 Å². The number of amides is 1. The Hall–Kier alpha value is -0.610. The van der Waals surface area contributed by atoms with E-state index in [0.29, 0.717) is 17.9 Å². The highest BCUT2D eigenvalue weighted by Gasteiger charge is 2.34. The van der Waals surface area contributed by atoms with Gasteiger partial charge in [-0.2, -0.15) is 0 Å². The molecule has 2 heterocycles. The van der Waals surface area contributed by atoms with Crippen LogP contribution in [0.4, 0.5) is 0 Å². The van der Waals surface area contributed by atoms with E-state index < -0.39 is 0 Å². The van der Waals surface area contributed by atoms with Crippen molar-refractivity contribution in [3.05, 3.63) is 0 Å². The molecule has 0 bridgehead atoms. The minimum atomic E-state index is 0.256. The number of rotatable bonds is 2. The highest BCUT2D eigenvalue weighted by molar-refractivity contribution is 5.79. The molecule has 0 aromatic heterocycles. The number of carbonyl (C=O) groups excluding carboxylic acids is 1. The van der Waals surface area contributed by atoms with Gasteiger partial charge in [0.15, 0.2) is 0 Å². The van der Waals surface area contributed by atoms with E-state index in [1.165, 1.54) is 32.1 Å². The van der Waals surface area contributed by atoms with E-state index in [9.17, 15) is 4.79 Å². The maximum Gasteiger partial charge on any atom is 0.225 e. The van der Waals surface area contributed by atoms with E-state index in [0.717, 1.165) is 45.6 Å². The maximum atomic E-state index is 12.7. The number of likely N-dealkylation sites (tertiary alicyclic amines) is 1. The summed E-state index contributed by atoms with van der Waals surface area (Å²) in [6, 6.07) is 0. The SMILES string of the molecule is CN1CCC(C(=O)N2CCOC(C3CCCCC3)C2)CC1. The molecule has 3 aliphatic rings. The minimum Gasteiger partial charge on any atom is -0.374 e. The molecule has 0 radical (unpaired) electrons. The Labute approximate surface area is 128 Å². The molecule has 1 unspecified atom stereocenters. The summed E-state index contributed by atoms with van der Waals surface area (Å²) in [5, 5.41) is 0. The van der Waals surface area contributed by atoms with Gasteiger partial charge in [0.2, 0.25) is 5.91 Å². The third-order valence-electron chi connectivity index (χ3n) is 5.65. The van der Waals surface area contributed by atoms with Crippen LogP contribution in [0.5, 0.6) is 0 Å². The van der Waals surface area contributed by atoms with E-state index in [4.69, 9.17) is 4.74 Å². The Morgan fingerprint density at radius 2 is 1.71 bits per heavy atom. The average Bonchev–Trinajstić information content (AvgIpc) is 2.56. The molecule has 4 heteroatoms. The maximum absolute atomic E-state index is 12.7. The highest BCUT2D eigenvalue weighted by Crippen LogP contribution is 2.30. The number of morpholine rings is 1.